The Kier molecular flexibility index (Phi) is 5.98. The molecule has 0 aliphatic carbocycles. The highest BCUT2D eigenvalue weighted by molar-refractivity contribution is 7.97. The summed E-state index contributed by atoms with van der Waals surface area (Å²) in [7, 11) is 0. The van der Waals surface area contributed by atoms with E-state index in [1.165, 1.54) is 16.5 Å². The van der Waals surface area contributed by atoms with Gasteiger partial charge >= 0.3 is 5.69 Å². The van der Waals surface area contributed by atoms with Gasteiger partial charge in [0.1, 0.15) is 0 Å². The van der Waals surface area contributed by atoms with E-state index in [1.807, 2.05) is 35.8 Å². The lowest BCUT2D eigenvalue weighted by Crippen LogP contribution is -2.40. The predicted octanol–water partition coefficient (Wildman–Crippen LogP) is 1.61. The normalized spacial score (nSPS) is 16.4. The molecule has 3 N–H and O–H groups in total. The monoisotopic (exact) mass is 430 g/mol. The molecule has 2 aromatic heterocycles. The van der Waals surface area contributed by atoms with Crippen LogP contribution in [0.25, 0.3) is 11.2 Å². The van der Waals surface area contributed by atoms with Crippen molar-refractivity contribution in [2.45, 2.75) is 50.8 Å². The van der Waals surface area contributed by atoms with Crippen LogP contribution in [0.4, 0.5) is 5.95 Å². The van der Waals surface area contributed by atoms with Crippen molar-refractivity contribution >= 4 is 29.1 Å². The summed E-state index contributed by atoms with van der Waals surface area (Å²) >= 11 is 1.17. The minimum Gasteiger partial charge on any atom is -0.379 e. The Labute approximate surface area is 178 Å². The second-order valence-corrected chi connectivity index (χ2v) is 7.88. The van der Waals surface area contributed by atoms with E-state index in [1.54, 1.807) is 11.5 Å². The number of benzene rings is 1. The minimum absolute atomic E-state index is 0.106. The first-order valence-electron chi connectivity index (χ1n) is 10.1. The van der Waals surface area contributed by atoms with Gasteiger partial charge in [0, 0.05) is 24.6 Å². The van der Waals surface area contributed by atoms with E-state index in [4.69, 9.17) is 14.9 Å². The highest BCUT2D eigenvalue weighted by Gasteiger charge is 2.24. The maximum absolute atomic E-state index is 13.3. The molecular formula is C20H26N6O3S. The van der Waals surface area contributed by atoms with Crippen LogP contribution in [0.15, 0.2) is 38.8 Å². The summed E-state index contributed by atoms with van der Waals surface area (Å²) in [4.78, 5) is 31.7. The lowest BCUT2D eigenvalue weighted by Gasteiger charge is -2.15. The molecule has 0 radical (unpaired) electrons. The van der Waals surface area contributed by atoms with E-state index < -0.39 is 0 Å². The zero-order valence-corrected chi connectivity index (χ0v) is 17.9. The largest absolute Gasteiger partial charge is 0.379 e. The fraction of sp³-hybridized carbons (Fsp3) is 0.450. The number of aromatic nitrogens is 4. The van der Waals surface area contributed by atoms with Gasteiger partial charge in [0.2, 0.25) is 5.95 Å². The lowest BCUT2D eigenvalue weighted by atomic mass is 10.2. The Balaban J connectivity index is 1.96. The fourth-order valence-corrected chi connectivity index (χ4v) is 4.31. The topological polar surface area (TPSA) is 109 Å². The maximum Gasteiger partial charge on any atom is 0.332 e. The van der Waals surface area contributed by atoms with E-state index in [-0.39, 0.29) is 17.3 Å². The van der Waals surface area contributed by atoms with Crippen LogP contribution in [0.5, 0.6) is 0 Å². The molecule has 0 amide bonds. The Morgan fingerprint density at radius 3 is 2.63 bits per heavy atom. The fourth-order valence-electron chi connectivity index (χ4n) is 3.87. The molecule has 4 rings (SSSR count). The van der Waals surface area contributed by atoms with Crippen LogP contribution in [0, 0.1) is 0 Å². The molecule has 10 heteroatoms. The molecule has 1 saturated heterocycles. The average molecular weight is 431 g/mol. The number of imidazole rings is 1. The van der Waals surface area contributed by atoms with Gasteiger partial charge in [-0.15, -0.1) is 0 Å². The van der Waals surface area contributed by atoms with E-state index in [2.05, 4.69) is 5.32 Å². The van der Waals surface area contributed by atoms with Crippen LogP contribution in [-0.4, -0.2) is 37.9 Å². The van der Waals surface area contributed by atoms with Crippen molar-refractivity contribution in [1.29, 1.82) is 0 Å². The number of anilines is 1. The van der Waals surface area contributed by atoms with E-state index in [0.717, 1.165) is 16.9 Å². The van der Waals surface area contributed by atoms with Crippen LogP contribution >= 0.6 is 11.9 Å². The average Bonchev–Trinajstić information content (AvgIpc) is 3.38. The molecule has 1 aliphatic heterocycles. The van der Waals surface area contributed by atoms with Crippen molar-refractivity contribution in [1.82, 2.24) is 18.7 Å². The summed E-state index contributed by atoms with van der Waals surface area (Å²) in [6.07, 6.45) is 0.859. The number of nitrogens with two attached hydrogens (primary N) is 1. The summed E-state index contributed by atoms with van der Waals surface area (Å²) < 4.78 is 10.2. The molecule has 0 saturated carbocycles. The summed E-state index contributed by atoms with van der Waals surface area (Å²) in [5.74, 6) is 0.560. The molecule has 0 bridgehead atoms. The van der Waals surface area contributed by atoms with Crippen molar-refractivity contribution in [3.05, 3.63) is 50.7 Å². The molecule has 30 heavy (non-hydrogen) atoms. The number of aryl methyl sites for hydroxylation is 1. The van der Waals surface area contributed by atoms with Crippen LogP contribution in [0.1, 0.15) is 25.8 Å². The smallest absolute Gasteiger partial charge is 0.332 e. The molecule has 1 aromatic carbocycles. The number of fused-ring (bicyclic) bond motifs is 1. The molecule has 1 atom stereocenters. The maximum atomic E-state index is 13.3. The quantitative estimate of drug-likeness (QED) is 0.548. The first-order chi connectivity index (χ1) is 14.6. The Hall–Kier alpha value is -2.56. The van der Waals surface area contributed by atoms with Gasteiger partial charge in [0.15, 0.2) is 11.2 Å². The Bertz CT molecular complexity index is 1180. The standard InChI is InChI=1S/C20H26N6O3S/c1-3-24-17-16(18(27)25(4-2)20(24)28)26(11-13-7-5-6-8-15(13)30-21)19(23-17)22-14-9-10-29-12-14/h5-8,14H,3-4,9-12,21H2,1-2H3,(H,22,23). The zero-order chi connectivity index (χ0) is 21.3. The highest BCUT2D eigenvalue weighted by atomic mass is 32.2. The molecular weight excluding hydrogens is 404 g/mol. The van der Waals surface area contributed by atoms with Gasteiger partial charge in [0.05, 0.1) is 19.2 Å². The van der Waals surface area contributed by atoms with Gasteiger partial charge in [-0.3, -0.25) is 23.6 Å². The highest BCUT2D eigenvalue weighted by Crippen LogP contribution is 2.24. The Morgan fingerprint density at radius 1 is 1.20 bits per heavy atom. The van der Waals surface area contributed by atoms with Crippen LogP contribution in [-0.2, 0) is 24.4 Å². The van der Waals surface area contributed by atoms with Crippen LogP contribution < -0.4 is 21.7 Å². The molecule has 3 heterocycles. The van der Waals surface area contributed by atoms with Crippen LogP contribution in [0.2, 0.25) is 0 Å². The molecule has 9 nitrogen and oxygen atoms in total. The van der Waals surface area contributed by atoms with E-state index in [0.29, 0.717) is 50.0 Å². The van der Waals surface area contributed by atoms with Crippen molar-refractivity contribution in [3.63, 3.8) is 0 Å². The first-order valence-corrected chi connectivity index (χ1v) is 11.0. The third-order valence-corrected chi connectivity index (χ3v) is 6.09. The van der Waals surface area contributed by atoms with Crippen LogP contribution in [0.3, 0.4) is 0 Å². The molecule has 3 aromatic rings. The number of hydrogen-bond donors (Lipinski definition) is 2. The van der Waals surface area contributed by atoms with Gasteiger partial charge in [-0.1, -0.05) is 18.2 Å². The van der Waals surface area contributed by atoms with Gasteiger partial charge < -0.3 is 10.1 Å². The lowest BCUT2D eigenvalue weighted by molar-refractivity contribution is 0.195. The second kappa shape index (κ2) is 8.66. The van der Waals surface area contributed by atoms with Crippen molar-refractivity contribution in [3.8, 4) is 0 Å². The molecule has 1 unspecified atom stereocenters. The van der Waals surface area contributed by atoms with Gasteiger partial charge in [-0.05, 0) is 43.8 Å². The van der Waals surface area contributed by atoms with Gasteiger partial charge in [-0.2, -0.15) is 4.98 Å². The van der Waals surface area contributed by atoms with Crippen molar-refractivity contribution < 1.29 is 4.74 Å². The first kappa shape index (κ1) is 20.7. The summed E-state index contributed by atoms with van der Waals surface area (Å²) in [5.41, 5.74) is 1.12. The molecule has 1 fully saturated rings. The molecule has 0 spiro atoms. The molecule has 160 valence electrons. The van der Waals surface area contributed by atoms with Crippen molar-refractivity contribution in [2.75, 3.05) is 18.5 Å². The Morgan fingerprint density at radius 2 is 1.97 bits per heavy atom. The van der Waals surface area contributed by atoms with Gasteiger partial charge in [0.25, 0.3) is 5.56 Å². The number of nitrogens with zero attached hydrogens (tertiary/aromatic N) is 4. The summed E-state index contributed by atoms with van der Waals surface area (Å²) in [5, 5.41) is 9.27. The summed E-state index contributed by atoms with van der Waals surface area (Å²) in [6.45, 7) is 6.08. The number of rotatable bonds is 7. The predicted molar refractivity (Wildman–Crippen MR) is 118 cm³/mol. The van der Waals surface area contributed by atoms with Gasteiger partial charge in [-0.25, -0.2) is 4.79 Å². The van der Waals surface area contributed by atoms with E-state index >= 15 is 0 Å². The minimum atomic E-state index is -0.337. The second-order valence-electron chi connectivity index (χ2n) is 7.20. The molecule has 1 aliphatic rings. The van der Waals surface area contributed by atoms with E-state index in [9.17, 15) is 9.59 Å². The number of nitrogens with one attached hydrogen (secondary N) is 1. The zero-order valence-electron chi connectivity index (χ0n) is 17.1. The number of ether oxygens (including phenoxy) is 1. The third kappa shape index (κ3) is 3.55. The van der Waals surface area contributed by atoms with Crippen molar-refractivity contribution in [2.24, 2.45) is 5.14 Å². The SMILES string of the molecule is CCn1c(=O)c2c(nc(NC3CCOC3)n2Cc2ccccc2SN)n(CC)c1=O. The third-order valence-electron chi connectivity index (χ3n) is 5.44. The summed E-state index contributed by atoms with van der Waals surface area (Å²) in [6, 6.07) is 7.91. The number of hydrogen-bond acceptors (Lipinski definition) is 7.